The van der Waals surface area contributed by atoms with Crippen LogP contribution in [-0.4, -0.2) is 23.9 Å². The molecule has 1 fully saturated rings. The van der Waals surface area contributed by atoms with E-state index in [-0.39, 0.29) is 22.9 Å². The van der Waals surface area contributed by atoms with E-state index in [4.69, 9.17) is 4.74 Å². The lowest BCUT2D eigenvalue weighted by Crippen LogP contribution is -2.30. The van der Waals surface area contributed by atoms with E-state index in [1.54, 1.807) is 44.4 Å². The number of Topliss-reactive ketones (excluding diaryl/α,β-unsaturated/α-hetero) is 1. The van der Waals surface area contributed by atoms with Gasteiger partial charge < -0.3 is 9.84 Å². The van der Waals surface area contributed by atoms with Gasteiger partial charge in [-0.2, -0.15) is 0 Å². The summed E-state index contributed by atoms with van der Waals surface area (Å²) in [5, 5.41) is 11.5. The number of rotatable bonds is 5. The van der Waals surface area contributed by atoms with E-state index >= 15 is 0 Å². The number of nitrogens with zero attached hydrogens (tertiary/aromatic N) is 1. The van der Waals surface area contributed by atoms with Gasteiger partial charge in [0.15, 0.2) is 0 Å². The lowest BCUT2D eigenvalue weighted by Gasteiger charge is -2.26. The zero-order valence-corrected chi connectivity index (χ0v) is 20.7. The van der Waals surface area contributed by atoms with Crippen molar-refractivity contribution in [2.75, 3.05) is 12.0 Å². The molecule has 1 unspecified atom stereocenters. The Hall–Kier alpha value is -4.00. The number of aryl methyl sites for hydroxylation is 2. The average molecular weight is 492 g/mol. The Labute approximate surface area is 208 Å². The molecule has 1 heterocycles. The molecule has 3 aromatic carbocycles. The standard InChI is InChI=1S/C29H27F2NO4/c1-15(2)20-14-21(17(4)12-24(20)36-5)27(33)25-26(18-8-6-7-16(3)11-18)32(29(35)28(25)34)23-13-19(30)9-10-22(23)31/h6-15,26,33H,1-5H3/b27-25+. The fourth-order valence-electron chi connectivity index (χ4n) is 4.63. The maximum absolute atomic E-state index is 14.9. The van der Waals surface area contributed by atoms with Crippen molar-refractivity contribution in [3.63, 3.8) is 0 Å². The zero-order valence-electron chi connectivity index (χ0n) is 20.7. The van der Waals surface area contributed by atoms with Crippen molar-refractivity contribution in [3.8, 4) is 5.75 Å². The number of halogens is 2. The maximum Gasteiger partial charge on any atom is 0.300 e. The number of carbonyl (C=O) groups excluding carboxylic acids is 2. The van der Waals surface area contributed by atoms with Gasteiger partial charge in [-0.3, -0.25) is 14.5 Å². The molecule has 0 saturated carbocycles. The first-order valence-electron chi connectivity index (χ1n) is 11.6. The lowest BCUT2D eigenvalue weighted by molar-refractivity contribution is -0.132. The van der Waals surface area contributed by atoms with Gasteiger partial charge in [0.05, 0.1) is 24.4 Å². The van der Waals surface area contributed by atoms with Gasteiger partial charge in [-0.25, -0.2) is 8.78 Å². The topological polar surface area (TPSA) is 66.8 Å². The Morgan fingerprint density at radius 3 is 2.39 bits per heavy atom. The Bertz CT molecular complexity index is 1410. The third kappa shape index (κ3) is 4.26. The summed E-state index contributed by atoms with van der Waals surface area (Å²) in [7, 11) is 1.55. The summed E-state index contributed by atoms with van der Waals surface area (Å²) in [6.45, 7) is 7.53. The number of benzene rings is 3. The van der Waals surface area contributed by atoms with Crippen LogP contribution in [0.2, 0.25) is 0 Å². The van der Waals surface area contributed by atoms with Crippen LogP contribution in [0.25, 0.3) is 5.76 Å². The Balaban J connectivity index is 2.03. The van der Waals surface area contributed by atoms with Gasteiger partial charge in [0.25, 0.3) is 11.7 Å². The first kappa shape index (κ1) is 25.1. The lowest BCUT2D eigenvalue weighted by atomic mass is 9.90. The van der Waals surface area contributed by atoms with Crippen LogP contribution < -0.4 is 9.64 Å². The first-order chi connectivity index (χ1) is 17.0. The molecule has 1 saturated heterocycles. The van der Waals surface area contributed by atoms with E-state index in [9.17, 15) is 23.5 Å². The van der Waals surface area contributed by atoms with Crippen LogP contribution >= 0.6 is 0 Å². The van der Waals surface area contributed by atoms with Crippen LogP contribution in [0.1, 0.15) is 53.6 Å². The minimum Gasteiger partial charge on any atom is -0.507 e. The molecule has 186 valence electrons. The van der Waals surface area contributed by atoms with Crippen LogP contribution in [0.3, 0.4) is 0 Å². The SMILES string of the molecule is COc1cc(C)c(/C(O)=C2\C(=O)C(=O)N(c3cc(F)ccc3F)C2c2cccc(C)c2)cc1C(C)C. The molecule has 0 spiro atoms. The highest BCUT2D eigenvalue weighted by Crippen LogP contribution is 2.44. The third-order valence-corrected chi connectivity index (χ3v) is 6.42. The molecule has 3 aromatic rings. The summed E-state index contributed by atoms with van der Waals surface area (Å²) in [6.07, 6.45) is 0. The molecule has 36 heavy (non-hydrogen) atoms. The molecule has 7 heteroatoms. The molecule has 1 atom stereocenters. The molecule has 0 aromatic heterocycles. The zero-order chi connectivity index (χ0) is 26.3. The summed E-state index contributed by atoms with van der Waals surface area (Å²) in [4.78, 5) is 27.6. The average Bonchev–Trinajstić information content (AvgIpc) is 3.10. The Morgan fingerprint density at radius 1 is 1.03 bits per heavy atom. The molecular formula is C29H27F2NO4. The van der Waals surface area contributed by atoms with Gasteiger partial charge >= 0.3 is 0 Å². The number of aliphatic hydroxyl groups is 1. The predicted octanol–water partition coefficient (Wildman–Crippen LogP) is 6.34. The first-order valence-corrected chi connectivity index (χ1v) is 11.6. The molecule has 1 aliphatic heterocycles. The van der Waals surface area contributed by atoms with E-state index in [1.165, 1.54) is 0 Å². The third-order valence-electron chi connectivity index (χ3n) is 6.42. The number of ketones is 1. The van der Waals surface area contributed by atoms with Gasteiger partial charge in [0.1, 0.15) is 23.1 Å². The van der Waals surface area contributed by atoms with Gasteiger partial charge in [-0.1, -0.05) is 43.7 Å². The Morgan fingerprint density at radius 2 is 1.75 bits per heavy atom. The molecule has 0 aliphatic carbocycles. The number of ether oxygens (including phenoxy) is 1. The minimum absolute atomic E-state index is 0.0449. The van der Waals surface area contributed by atoms with Gasteiger partial charge in [-0.05, 0) is 60.7 Å². The smallest absolute Gasteiger partial charge is 0.300 e. The second-order valence-corrected chi connectivity index (χ2v) is 9.24. The number of hydrogen-bond acceptors (Lipinski definition) is 4. The number of aliphatic hydroxyl groups excluding tert-OH is 1. The molecule has 1 aliphatic rings. The van der Waals surface area contributed by atoms with E-state index in [1.807, 2.05) is 26.8 Å². The highest BCUT2D eigenvalue weighted by Gasteiger charge is 2.48. The summed E-state index contributed by atoms with van der Waals surface area (Å²) >= 11 is 0. The second-order valence-electron chi connectivity index (χ2n) is 9.24. The van der Waals surface area contributed by atoms with Crippen LogP contribution in [0, 0.1) is 25.5 Å². The van der Waals surface area contributed by atoms with Gasteiger partial charge in [-0.15, -0.1) is 0 Å². The van der Waals surface area contributed by atoms with E-state index < -0.39 is 29.4 Å². The van der Waals surface area contributed by atoms with Crippen LogP contribution in [0.4, 0.5) is 14.5 Å². The maximum atomic E-state index is 14.9. The Kier molecular flexibility index (Phi) is 6.67. The number of methoxy groups -OCH3 is 1. The predicted molar refractivity (Wildman–Crippen MR) is 134 cm³/mol. The summed E-state index contributed by atoms with van der Waals surface area (Å²) in [5.41, 5.74) is 2.53. The van der Waals surface area contributed by atoms with Crippen LogP contribution in [-0.2, 0) is 9.59 Å². The van der Waals surface area contributed by atoms with Crippen molar-refractivity contribution in [1.82, 2.24) is 0 Å². The van der Waals surface area contributed by atoms with Gasteiger partial charge in [0, 0.05) is 11.6 Å². The quantitative estimate of drug-likeness (QED) is 0.257. The van der Waals surface area contributed by atoms with E-state index in [0.29, 0.717) is 22.4 Å². The van der Waals surface area contributed by atoms with E-state index in [2.05, 4.69) is 0 Å². The monoisotopic (exact) mass is 491 g/mol. The van der Waals surface area contributed by atoms with Gasteiger partial charge in [0.2, 0.25) is 0 Å². The molecule has 1 amide bonds. The van der Waals surface area contributed by atoms with Crippen molar-refractivity contribution in [3.05, 3.63) is 99.6 Å². The molecular weight excluding hydrogens is 464 g/mol. The van der Waals surface area contributed by atoms with Crippen molar-refractivity contribution in [2.45, 2.75) is 39.7 Å². The summed E-state index contributed by atoms with van der Waals surface area (Å²) < 4.78 is 34.5. The van der Waals surface area contributed by atoms with Crippen molar-refractivity contribution in [1.29, 1.82) is 0 Å². The fraction of sp³-hybridized carbons (Fsp3) is 0.241. The number of carbonyl (C=O) groups is 2. The summed E-state index contributed by atoms with van der Waals surface area (Å²) in [5.74, 6) is -3.37. The van der Waals surface area contributed by atoms with Crippen molar-refractivity contribution < 1.29 is 28.2 Å². The molecule has 0 bridgehead atoms. The molecule has 1 N–H and O–H groups in total. The number of amides is 1. The van der Waals surface area contributed by atoms with Crippen LogP contribution in [0.5, 0.6) is 5.75 Å². The minimum atomic E-state index is -1.16. The molecule has 0 radical (unpaired) electrons. The molecule has 5 nitrogen and oxygen atoms in total. The highest BCUT2D eigenvalue weighted by molar-refractivity contribution is 6.51. The highest BCUT2D eigenvalue weighted by atomic mass is 19.1. The number of anilines is 1. The van der Waals surface area contributed by atoms with Crippen molar-refractivity contribution in [2.24, 2.45) is 0 Å². The fourth-order valence-corrected chi connectivity index (χ4v) is 4.63. The van der Waals surface area contributed by atoms with Crippen molar-refractivity contribution >= 4 is 23.1 Å². The second kappa shape index (κ2) is 9.57. The summed E-state index contributed by atoms with van der Waals surface area (Å²) in [6, 6.07) is 12.0. The normalized spacial score (nSPS) is 17.2. The van der Waals surface area contributed by atoms with Crippen LogP contribution in [0.15, 0.2) is 60.2 Å². The largest absolute Gasteiger partial charge is 0.507 e. The molecule has 4 rings (SSSR count). The number of hydrogen-bond donors (Lipinski definition) is 1. The van der Waals surface area contributed by atoms with E-state index in [0.717, 1.165) is 34.2 Å².